The fourth-order valence-corrected chi connectivity index (χ4v) is 7.00. The molecule has 56 heavy (non-hydrogen) atoms. The summed E-state index contributed by atoms with van der Waals surface area (Å²) >= 11 is 0. The van der Waals surface area contributed by atoms with Crippen LogP contribution in [0.3, 0.4) is 0 Å². The molecule has 6 aromatic carbocycles. The van der Waals surface area contributed by atoms with Crippen LogP contribution in [0.1, 0.15) is 69.2 Å². The van der Waals surface area contributed by atoms with Crippen molar-refractivity contribution in [3.05, 3.63) is 172 Å². The predicted molar refractivity (Wildman–Crippen MR) is 211 cm³/mol. The number of nitrogens with one attached hydrogen (secondary N) is 1. The third kappa shape index (κ3) is 6.26. The molecular weight excluding hydrogens is 711 g/mol. The van der Waals surface area contributed by atoms with Gasteiger partial charge < -0.3 is 35.7 Å². The molecule has 0 fully saturated rings. The zero-order valence-electron chi connectivity index (χ0n) is 30.0. The SMILES string of the molecule is COc1ccc(C=COCOc2ccc(OCNc3ccc(-c4ccc(N)c5c4C(=O)c4c(N)cccc4C5=O)c4c3C(=O)c3ccccc3C4=O)cc2)cc1. The summed E-state index contributed by atoms with van der Waals surface area (Å²) in [5.74, 6) is 0.0942. The molecule has 0 bridgehead atoms. The van der Waals surface area contributed by atoms with E-state index in [-0.39, 0.29) is 80.8 Å². The van der Waals surface area contributed by atoms with Gasteiger partial charge in [0, 0.05) is 44.9 Å². The monoisotopic (exact) mass is 743 g/mol. The lowest BCUT2D eigenvalue weighted by atomic mass is 9.75. The van der Waals surface area contributed by atoms with Gasteiger partial charge in [0.15, 0.2) is 29.9 Å². The van der Waals surface area contributed by atoms with Gasteiger partial charge in [-0.25, -0.2) is 0 Å². The van der Waals surface area contributed by atoms with E-state index in [0.717, 1.165) is 11.3 Å². The van der Waals surface area contributed by atoms with Gasteiger partial charge >= 0.3 is 0 Å². The lowest BCUT2D eigenvalue weighted by molar-refractivity contribution is 0.0812. The van der Waals surface area contributed by atoms with Crippen LogP contribution in [0.5, 0.6) is 17.2 Å². The standard InChI is InChI=1S/C45H33N3O8/c1-53-26-11-9-25(10-12-26)21-22-54-24-56-28-15-13-27(14-16-28)55-23-48-36-20-18-30(39-41(36)43(50)32-6-3-2-5-31(32)42(39)49)29-17-19-35(47)40-38(29)45(52)37-33(44(40)51)7-4-8-34(37)46/h2-22,48H,23-24,46-47H2,1H3. The van der Waals surface area contributed by atoms with Gasteiger partial charge in [0.05, 0.1) is 30.1 Å². The van der Waals surface area contributed by atoms with Crippen LogP contribution in [0.2, 0.25) is 0 Å². The number of fused-ring (bicyclic) bond motifs is 4. The van der Waals surface area contributed by atoms with Crippen LogP contribution in [0.25, 0.3) is 17.2 Å². The molecule has 276 valence electrons. The first kappa shape index (κ1) is 35.4. The van der Waals surface area contributed by atoms with Crippen molar-refractivity contribution in [2.45, 2.75) is 0 Å². The lowest BCUT2D eigenvalue weighted by Crippen LogP contribution is -2.26. The van der Waals surface area contributed by atoms with Gasteiger partial charge in [0.2, 0.25) is 6.79 Å². The molecule has 0 aromatic heterocycles. The van der Waals surface area contributed by atoms with E-state index in [9.17, 15) is 19.2 Å². The average Bonchev–Trinajstić information content (AvgIpc) is 3.22. The second kappa shape index (κ2) is 14.6. The van der Waals surface area contributed by atoms with Crippen molar-refractivity contribution in [3.8, 4) is 28.4 Å². The van der Waals surface area contributed by atoms with Crippen LogP contribution in [0, 0.1) is 0 Å². The Morgan fingerprint density at radius 1 is 0.518 bits per heavy atom. The van der Waals surface area contributed by atoms with E-state index in [1.54, 1.807) is 92.2 Å². The number of methoxy groups -OCH3 is 1. The Morgan fingerprint density at radius 2 is 1.09 bits per heavy atom. The molecule has 0 spiro atoms. The fourth-order valence-electron chi connectivity index (χ4n) is 7.00. The topological polar surface area (TPSA) is 169 Å². The van der Waals surface area contributed by atoms with Crippen molar-refractivity contribution in [2.75, 3.05) is 37.4 Å². The van der Waals surface area contributed by atoms with E-state index in [1.165, 1.54) is 12.1 Å². The number of hydrogen-bond acceptors (Lipinski definition) is 11. The number of carbonyl (C=O) groups is 4. The molecule has 0 saturated carbocycles. The third-order valence-corrected chi connectivity index (χ3v) is 9.72. The second-order valence-electron chi connectivity index (χ2n) is 12.9. The first-order chi connectivity index (χ1) is 27.2. The number of nitrogens with two attached hydrogens (primary N) is 2. The molecule has 2 aliphatic rings. The lowest BCUT2D eigenvalue weighted by Gasteiger charge is -2.26. The van der Waals surface area contributed by atoms with Gasteiger partial charge in [-0.2, -0.15) is 0 Å². The van der Waals surface area contributed by atoms with Crippen LogP contribution < -0.4 is 31.0 Å². The van der Waals surface area contributed by atoms with Gasteiger partial charge in [0.1, 0.15) is 17.2 Å². The number of hydrogen-bond donors (Lipinski definition) is 3. The Balaban J connectivity index is 1.04. The summed E-state index contributed by atoms with van der Waals surface area (Å²) in [6.07, 6.45) is 3.36. The van der Waals surface area contributed by atoms with E-state index in [1.807, 2.05) is 30.3 Å². The highest BCUT2D eigenvalue weighted by atomic mass is 16.7. The Morgan fingerprint density at radius 3 is 1.79 bits per heavy atom. The molecule has 0 saturated heterocycles. The minimum atomic E-state index is -0.500. The summed E-state index contributed by atoms with van der Waals surface area (Å²) in [7, 11) is 1.61. The number of ketones is 4. The highest BCUT2D eigenvalue weighted by molar-refractivity contribution is 6.35. The molecule has 0 atom stereocenters. The number of carbonyl (C=O) groups excluding carboxylic acids is 4. The molecule has 11 heteroatoms. The van der Waals surface area contributed by atoms with Crippen LogP contribution in [-0.4, -0.2) is 43.8 Å². The summed E-state index contributed by atoms with van der Waals surface area (Å²) in [5.41, 5.74) is 15.6. The summed E-state index contributed by atoms with van der Waals surface area (Å²) in [6.45, 7) is -0.0644. The molecule has 0 aliphatic heterocycles. The number of anilines is 3. The van der Waals surface area contributed by atoms with E-state index in [2.05, 4.69) is 5.32 Å². The first-order valence-electron chi connectivity index (χ1n) is 17.5. The minimum absolute atomic E-state index is 0.00359. The van der Waals surface area contributed by atoms with E-state index in [4.69, 9.17) is 30.4 Å². The van der Waals surface area contributed by atoms with Gasteiger partial charge in [-0.3, -0.25) is 19.2 Å². The number of rotatable bonds is 11. The molecular formula is C45H33N3O8. The third-order valence-electron chi connectivity index (χ3n) is 9.72. The highest BCUT2D eigenvalue weighted by Crippen LogP contribution is 2.44. The fraction of sp³-hybridized carbons (Fsp3) is 0.0667. The minimum Gasteiger partial charge on any atom is -0.497 e. The number of nitrogen functional groups attached to an aromatic ring is 2. The van der Waals surface area contributed by atoms with E-state index in [0.29, 0.717) is 22.7 Å². The maximum Gasteiger partial charge on any atom is 0.229 e. The van der Waals surface area contributed by atoms with Crippen molar-refractivity contribution in [1.29, 1.82) is 0 Å². The average molecular weight is 744 g/mol. The Kier molecular flexibility index (Phi) is 9.25. The second-order valence-corrected chi connectivity index (χ2v) is 12.9. The number of ether oxygens (including phenoxy) is 4. The zero-order valence-corrected chi connectivity index (χ0v) is 30.0. The quantitative estimate of drug-likeness (QED) is 0.0518. The Hall–Kier alpha value is -7.66. The van der Waals surface area contributed by atoms with Crippen LogP contribution in [-0.2, 0) is 4.74 Å². The van der Waals surface area contributed by atoms with Crippen LogP contribution in [0.15, 0.2) is 122 Å². The number of benzene rings is 6. The smallest absolute Gasteiger partial charge is 0.229 e. The maximum absolute atomic E-state index is 14.3. The van der Waals surface area contributed by atoms with Crippen LogP contribution >= 0.6 is 0 Å². The predicted octanol–water partition coefficient (Wildman–Crippen LogP) is 7.55. The maximum atomic E-state index is 14.3. The molecule has 0 radical (unpaired) electrons. The first-order valence-corrected chi connectivity index (χ1v) is 17.5. The highest BCUT2D eigenvalue weighted by Gasteiger charge is 2.38. The van der Waals surface area contributed by atoms with Crippen LogP contribution in [0.4, 0.5) is 17.1 Å². The van der Waals surface area contributed by atoms with Gasteiger partial charge in [-0.15, -0.1) is 0 Å². The molecule has 0 heterocycles. The van der Waals surface area contributed by atoms with Gasteiger partial charge in [-0.05, 0) is 77.4 Å². The van der Waals surface area contributed by atoms with Crippen molar-refractivity contribution < 1.29 is 38.1 Å². The summed E-state index contributed by atoms with van der Waals surface area (Å²) in [6, 6.07) is 32.1. The van der Waals surface area contributed by atoms with E-state index >= 15 is 0 Å². The van der Waals surface area contributed by atoms with Crippen molar-refractivity contribution in [2.24, 2.45) is 0 Å². The largest absolute Gasteiger partial charge is 0.497 e. The van der Waals surface area contributed by atoms with Crippen molar-refractivity contribution >= 4 is 46.3 Å². The summed E-state index contributed by atoms with van der Waals surface area (Å²) < 4.78 is 22.2. The van der Waals surface area contributed by atoms with Gasteiger partial charge in [0.25, 0.3) is 0 Å². The Bertz CT molecular complexity index is 2610. The van der Waals surface area contributed by atoms with E-state index < -0.39 is 17.3 Å². The normalized spacial score (nSPS) is 12.7. The Labute approximate surface area is 321 Å². The summed E-state index contributed by atoms with van der Waals surface area (Å²) in [4.78, 5) is 56.4. The molecule has 8 rings (SSSR count). The molecule has 6 aromatic rings. The van der Waals surface area contributed by atoms with Crippen molar-refractivity contribution in [1.82, 2.24) is 0 Å². The zero-order chi connectivity index (χ0) is 38.9. The van der Waals surface area contributed by atoms with Gasteiger partial charge in [-0.1, -0.05) is 60.7 Å². The molecule has 0 unspecified atom stereocenters. The summed E-state index contributed by atoms with van der Waals surface area (Å²) in [5, 5.41) is 3.15. The van der Waals surface area contributed by atoms with Crippen molar-refractivity contribution in [3.63, 3.8) is 0 Å². The molecule has 11 nitrogen and oxygen atoms in total. The molecule has 2 aliphatic carbocycles. The molecule has 0 amide bonds. The molecule has 5 N–H and O–H groups in total.